The number of aromatic nitrogens is 2. The van der Waals surface area contributed by atoms with Gasteiger partial charge >= 0.3 is 0 Å². The summed E-state index contributed by atoms with van der Waals surface area (Å²) in [6.45, 7) is 2.62. The van der Waals surface area contributed by atoms with Crippen LogP contribution in [0.2, 0.25) is 0 Å². The second-order valence-corrected chi connectivity index (χ2v) is 6.12. The fourth-order valence-electron chi connectivity index (χ4n) is 3.07. The highest BCUT2D eigenvalue weighted by molar-refractivity contribution is 6.00. The van der Waals surface area contributed by atoms with Crippen LogP contribution in [0.5, 0.6) is 0 Å². The molecule has 1 aromatic carbocycles. The summed E-state index contributed by atoms with van der Waals surface area (Å²) in [4.78, 5) is 14.8. The van der Waals surface area contributed by atoms with Crippen molar-refractivity contribution in [1.82, 2.24) is 14.7 Å². The summed E-state index contributed by atoms with van der Waals surface area (Å²) in [5.74, 6) is 0.463. The van der Waals surface area contributed by atoms with Crippen LogP contribution >= 0.6 is 0 Å². The lowest BCUT2D eigenvalue weighted by atomic mass is 10.1. The van der Waals surface area contributed by atoms with E-state index in [0.717, 1.165) is 11.0 Å². The van der Waals surface area contributed by atoms with E-state index in [2.05, 4.69) is 11.2 Å². The van der Waals surface area contributed by atoms with Gasteiger partial charge in [0.15, 0.2) is 5.76 Å². The maximum atomic E-state index is 13.0. The van der Waals surface area contributed by atoms with E-state index in [1.54, 1.807) is 15.8 Å². The number of benzene rings is 1. The van der Waals surface area contributed by atoms with Gasteiger partial charge in [-0.1, -0.05) is 18.2 Å². The molecular weight excluding hydrogens is 332 g/mol. The Balaban J connectivity index is 1.75. The zero-order valence-electron chi connectivity index (χ0n) is 14.2. The molecule has 3 heterocycles. The minimum absolute atomic E-state index is 0.0908. The first kappa shape index (κ1) is 16.4. The number of aryl methyl sites for hydroxylation is 1. The van der Waals surface area contributed by atoms with Crippen LogP contribution in [0.15, 0.2) is 40.9 Å². The number of morpholine rings is 1. The van der Waals surface area contributed by atoms with Crippen molar-refractivity contribution in [2.45, 2.75) is 13.0 Å². The lowest BCUT2D eigenvalue weighted by Gasteiger charge is -2.26. The maximum Gasteiger partial charge on any atom is 0.257 e. The van der Waals surface area contributed by atoms with E-state index in [1.807, 2.05) is 30.3 Å². The third-order valence-corrected chi connectivity index (χ3v) is 4.40. The van der Waals surface area contributed by atoms with E-state index in [9.17, 15) is 4.79 Å². The van der Waals surface area contributed by atoms with E-state index in [-0.39, 0.29) is 5.91 Å². The van der Waals surface area contributed by atoms with Crippen LogP contribution < -0.4 is 0 Å². The van der Waals surface area contributed by atoms with Crippen molar-refractivity contribution in [1.29, 1.82) is 5.26 Å². The Hall–Kier alpha value is -3.11. The van der Waals surface area contributed by atoms with Gasteiger partial charge in [-0.3, -0.25) is 9.48 Å². The van der Waals surface area contributed by atoms with Gasteiger partial charge in [-0.15, -0.1) is 0 Å². The number of carbonyl (C=O) groups is 1. The van der Waals surface area contributed by atoms with Gasteiger partial charge in [-0.05, 0) is 12.1 Å². The number of carbonyl (C=O) groups excluding carboxylic acids is 1. The molecule has 3 aromatic rings. The van der Waals surface area contributed by atoms with Crippen LogP contribution in [0.3, 0.4) is 0 Å². The van der Waals surface area contributed by atoms with Gasteiger partial charge < -0.3 is 14.1 Å². The molecule has 0 atom stereocenters. The second kappa shape index (κ2) is 7.02. The van der Waals surface area contributed by atoms with Gasteiger partial charge in [0, 0.05) is 24.7 Å². The van der Waals surface area contributed by atoms with E-state index >= 15 is 0 Å². The molecular formula is C19H18N4O3. The Morgan fingerprint density at radius 2 is 2.08 bits per heavy atom. The van der Waals surface area contributed by atoms with Gasteiger partial charge in [0.2, 0.25) is 0 Å². The monoisotopic (exact) mass is 350 g/mol. The van der Waals surface area contributed by atoms with Gasteiger partial charge in [0.1, 0.15) is 11.3 Å². The molecule has 7 heteroatoms. The summed E-state index contributed by atoms with van der Waals surface area (Å²) in [5.41, 5.74) is 1.75. The highest BCUT2D eigenvalue weighted by Crippen LogP contribution is 2.30. The Kier molecular flexibility index (Phi) is 4.42. The van der Waals surface area contributed by atoms with E-state index in [4.69, 9.17) is 14.4 Å². The highest BCUT2D eigenvalue weighted by atomic mass is 16.5. The molecule has 132 valence electrons. The Morgan fingerprint density at radius 3 is 2.85 bits per heavy atom. The van der Waals surface area contributed by atoms with Gasteiger partial charge in [0.05, 0.1) is 37.8 Å². The SMILES string of the molecule is N#CCCn1cc(C(=O)N2CCOCC2)c(-c2cc3ccccc3o2)n1. The zero-order chi connectivity index (χ0) is 17.9. The number of nitrogens with zero attached hydrogens (tertiary/aromatic N) is 4. The fourth-order valence-corrected chi connectivity index (χ4v) is 3.07. The lowest BCUT2D eigenvalue weighted by Crippen LogP contribution is -2.40. The molecule has 2 aromatic heterocycles. The maximum absolute atomic E-state index is 13.0. The van der Waals surface area contributed by atoms with Crippen LogP contribution in [-0.2, 0) is 11.3 Å². The number of rotatable bonds is 4. The van der Waals surface area contributed by atoms with Crippen molar-refractivity contribution in [2.24, 2.45) is 0 Å². The smallest absolute Gasteiger partial charge is 0.257 e. The van der Waals surface area contributed by atoms with Crippen molar-refractivity contribution in [3.63, 3.8) is 0 Å². The minimum Gasteiger partial charge on any atom is -0.454 e. The number of furan rings is 1. The third kappa shape index (κ3) is 3.07. The van der Waals surface area contributed by atoms with Gasteiger partial charge in [-0.2, -0.15) is 10.4 Å². The molecule has 1 fully saturated rings. The van der Waals surface area contributed by atoms with Crippen molar-refractivity contribution < 1.29 is 13.9 Å². The molecule has 7 nitrogen and oxygen atoms in total. The van der Waals surface area contributed by atoms with Crippen LogP contribution in [0, 0.1) is 11.3 Å². The number of hydrogen-bond donors (Lipinski definition) is 0. The average Bonchev–Trinajstić information content (AvgIpc) is 3.30. The summed E-state index contributed by atoms with van der Waals surface area (Å²) in [6, 6.07) is 11.7. The molecule has 0 radical (unpaired) electrons. The number of amides is 1. The molecule has 0 bridgehead atoms. The normalized spacial score (nSPS) is 14.5. The molecule has 0 N–H and O–H groups in total. The minimum atomic E-state index is -0.0908. The average molecular weight is 350 g/mol. The van der Waals surface area contributed by atoms with Crippen LogP contribution in [0.4, 0.5) is 0 Å². The summed E-state index contributed by atoms with van der Waals surface area (Å²) in [7, 11) is 0. The Morgan fingerprint density at radius 1 is 1.27 bits per heavy atom. The Labute approximate surface area is 150 Å². The quantitative estimate of drug-likeness (QED) is 0.722. The standard InChI is InChI=1S/C19H18N4O3/c20-6-3-7-23-13-15(19(24)22-8-10-25-11-9-22)18(21-23)17-12-14-4-1-2-5-16(14)26-17/h1-2,4-5,12-13H,3,7-11H2. The molecule has 1 amide bonds. The summed E-state index contributed by atoms with van der Waals surface area (Å²) in [5, 5.41) is 14.3. The molecule has 0 saturated carbocycles. The molecule has 26 heavy (non-hydrogen) atoms. The van der Waals surface area contributed by atoms with Crippen molar-refractivity contribution in [2.75, 3.05) is 26.3 Å². The molecule has 1 aliphatic heterocycles. The van der Waals surface area contributed by atoms with Crippen molar-refractivity contribution in [3.8, 4) is 17.5 Å². The number of fused-ring (bicyclic) bond motifs is 1. The largest absolute Gasteiger partial charge is 0.454 e. The number of para-hydroxylation sites is 1. The predicted octanol–water partition coefficient (Wildman–Crippen LogP) is 2.68. The molecule has 0 aliphatic carbocycles. The molecule has 4 rings (SSSR count). The van der Waals surface area contributed by atoms with Crippen LogP contribution in [0.25, 0.3) is 22.4 Å². The predicted molar refractivity (Wildman–Crippen MR) is 94.4 cm³/mol. The first-order valence-corrected chi connectivity index (χ1v) is 8.56. The first-order valence-electron chi connectivity index (χ1n) is 8.56. The lowest BCUT2D eigenvalue weighted by molar-refractivity contribution is 0.0303. The van der Waals surface area contributed by atoms with Crippen LogP contribution in [0.1, 0.15) is 16.8 Å². The van der Waals surface area contributed by atoms with E-state index in [1.165, 1.54) is 0 Å². The van der Waals surface area contributed by atoms with Gasteiger partial charge in [-0.25, -0.2) is 0 Å². The molecule has 0 unspecified atom stereocenters. The van der Waals surface area contributed by atoms with E-state index < -0.39 is 0 Å². The molecule has 1 saturated heterocycles. The summed E-state index contributed by atoms with van der Waals surface area (Å²) in [6.07, 6.45) is 2.03. The highest BCUT2D eigenvalue weighted by Gasteiger charge is 2.26. The van der Waals surface area contributed by atoms with Crippen molar-refractivity contribution >= 4 is 16.9 Å². The number of ether oxygens (including phenoxy) is 1. The van der Waals surface area contributed by atoms with Crippen molar-refractivity contribution in [3.05, 3.63) is 42.1 Å². The topological polar surface area (TPSA) is 84.3 Å². The van der Waals surface area contributed by atoms with Gasteiger partial charge in [0.25, 0.3) is 5.91 Å². The van der Waals surface area contributed by atoms with E-state index in [0.29, 0.717) is 56.3 Å². The molecule has 1 aliphatic rings. The first-order chi connectivity index (χ1) is 12.8. The summed E-state index contributed by atoms with van der Waals surface area (Å²) < 4.78 is 12.9. The Bertz CT molecular complexity index is 943. The molecule has 0 spiro atoms. The zero-order valence-corrected chi connectivity index (χ0v) is 14.2. The summed E-state index contributed by atoms with van der Waals surface area (Å²) >= 11 is 0. The number of nitriles is 1. The second-order valence-electron chi connectivity index (χ2n) is 6.12. The third-order valence-electron chi connectivity index (χ3n) is 4.40. The van der Waals surface area contributed by atoms with Crippen LogP contribution in [-0.4, -0.2) is 46.9 Å². The fraction of sp³-hybridized carbons (Fsp3) is 0.316. The number of hydrogen-bond acceptors (Lipinski definition) is 5.